The summed E-state index contributed by atoms with van der Waals surface area (Å²) < 4.78 is 4.67. The maximum absolute atomic E-state index is 9.82. The minimum atomic E-state index is -0.925. The summed E-state index contributed by atoms with van der Waals surface area (Å²) in [4.78, 5) is 9.82. The van der Waals surface area contributed by atoms with Gasteiger partial charge in [0.25, 0.3) is 0 Å². The fourth-order valence-electron chi connectivity index (χ4n) is 0.334. The molecule has 0 amide bonds. The highest BCUT2D eigenvalue weighted by Crippen LogP contribution is 1.71. The standard InChI is InChI=1S/C5H11NO3/c1-6-2-3-9-4-5(7)8/h6H,2-4H2,1H3,(H,7,8). The van der Waals surface area contributed by atoms with E-state index in [9.17, 15) is 4.79 Å². The van der Waals surface area contributed by atoms with Crippen molar-refractivity contribution in [2.45, 2.75) is 0 Å². The monoisotopic (exact) mass is 133 g/mol. The van der Waals surface area contributed by atoms with Gasteiger partial charge >= 0.3 is 5.97 Å². The third-order valence-electron chi connectivity index (χ3n) is 0.722. The first-order chi connectivity index (χ1) is 4.27. The van der Waals surface area contributed by atoms with E-state index >= 15 is 0 Å². The minimum absolute atomic E-state index is 0.207. The van der Waals surface area contributed by atoms with Crippen LogP contribution in [0.15, 0.2) is 0 Å². The Balaban J connectivity index is 2.83. The van der Waals surface area contributed by atoms with Crippen LogP contribution in [-0.2, 0) is 9.53 Å². The van der Waals surface area contributed by atoms with Crippen molar-refractivity contribution in [3.8, 4) is 0 Å². The molecule has 4 heteroatoms. The van der Waals surface area contributed by atoms with Gasteiger partial charge in [0.2, 0.25) is 0 Å². The first-order valence-corrected chi connectivity index (χ1v) is 2.71. The van der Waals surface area contributed by atoms with Crippen molar-refractivity contribution in [1.29, 1.82) is 0 Å². The van der Waals surface area contributed by atoms with Gasteiger partial charge in [0, 0.05) is 6.54 Å². The number of carboxylic acid groups (broad SMARTS) is 1. The van der Waals surface area contributed by atoms with E-state index in [-0.39, 0.29) is 6.61 Å². The van der Waals surface area contributed by atoms with Gasteiger partial charge in [0.15, 0.2) is 0 Å². The summed E-state index contributed by atoms with van der Waals surface area (Å²) in [5, 5.41) is 10.9. The van der Waals surface area contributed by atoms with Crippen molar-refractivity contribution >= 4 is 5.97 Å². The molecule has 0 fully saturated rings. The van der Waals surface area contributed by atoms with Crippen LogP contribution in [0.25, 0.3) is 0 Å². The molecule has 0 saturated carbocycles. The Bertz CT molecular complexity index is 84.3. The Morgan fingerprint density at radius 3 is 2.89 bits per heavy atom. The van der Waals surface area contributed by atoms with Gasteiger partial charge < -0.3 is 15.2 Å². The van der Waals surface area contributed by atoms with Crippen molar-refractivity contribution < 1.29 is 14.6 Å². The van der Waals surface area contributed by atoms with Crippen LogP contribution < -0.4 is 5.32 Å². The fraction of sp³-hybridized carbons (Fsp3) is 0.800. The average molecular weight is 133 g/mol. The minimum Gasteiger partial charge on any atom is -0.480 e. The second-order valence-corrected chi connectivity index (χ2v) is 1.55. The van der Waals surface area contributed by atoms with Crippen molar-refractivity contribution in [1.82, 2.24) is 5.32 Å². The molecular weight excluding hydrogens is 122 g/mol. The molecule has 0 aliphatic rings. The number of ether oxygens (including phenoxy) is 1. The molecular formula is C5H11NO3. The van der Waals surface area contributed by atoms with Crippen LogP contribution in [0, 0.1) is 0 Å². The summed E-state index contributed by atoms with van der Waals surface area (Å²) in [7, 11) is 1.78. The Morgan fingerprint density at radius 1 is 1.78 bits per heavy atom. The summed E-state index contributed by atoms with van der Waals surface area (Å²) in [5.74, 6) is -0.925. The zero-order valence-corrected chi connectivity index (χ0v) is 5.39. The maximum Gasteiger partial charge on any atom is 0.329 e. The number of carbonyl (C=O) groups is 1. The van der Waals surface area contributed by atoms with Crippen LogP contribution in [0.5, 0.6) is 0 Å². The Hall–Kier alpha value is -0.610. The topological polar surface area (TPSA) is 58.6 Å². The van der Waals surface area contributed by atoms with Crippen LogP contribution in [0.2, 0.25) is 0 Å². The fourth-order valence-corrected chi connectivity index (χ4v) is 0.334. The summed E-state index contributed by atoms with van der Waals surface area (Å²) in [6, 6.07) is 0. The third-order valence-corrected chi connectivity index (χ3v) is 0.722. The van der Waals surface area contributed by atoms with Crippen LogP contribution in [-0.4, -0.2) is 37.9 Å². The van der Waals surface area contributed by atoms with Crippen LogP contribution >= 0.6 is 0 Å². The van der Waals surface area contributed by atoms with Crippen LogP contribution in [0.4, 0.5) is 0 Å². The van der Waals surface area contributed by atoms with E-state index in [1.807, 2.05) is 0 Å². The predicted molar refractivity (Wildman–Crippen MR) is 32.4 cm³/mol. The first kappa shape index (κ1) is 8.39. The number of aliphatic carboxylic acids is 1. The molecule has 4 nitrogen and oxygen atoms in total. The zero-order chi connectivity index (χ0) is 7.11. The SMILES string of the molecule is CNCCOCC(=O)O. The quantitative estimate of drug-likeness (QED) is 0.487. The summed E-state index contributed by atoms with van der Waals surface area (Å²) >= 11 is 0. The molecule has 0 rings (SSSR count). The molecule has 0 radical (unpaired) electrons. The number of nitrogens with one attached hydrogen (secondary N) is 1. The molecule has 0 spiro atoms. The smallest absolute Gasteiger partial charge is 0.329 e. The van der Waals surface area contributed by atoms with E-state index in [0.717, 1.165) is 0 Å². The lowest BCUT2D eigenvalue weighted by Gasteiger charge is -1.97. The van der Waals surface area contributed by atoms with Gasteiger partial charge in [-0.1, -0.05) is 0 Å². The van der Waals surface area contributed by atoms with E-state index in [2.05, 4.69) is 10.1 Å². The number of rotatable bonds is 5. The third kappa shape index (κ3) is 7.39. The van der Waals surface area contributed by atoms with E-state index in [1.165, 1.54) is 0 Å². The predicted octanol–water partition coefficient (Wildman–Crippen LogP) is -0.693. The number of carboxylic acids is 1. The second kappa shape index (κ2) is 5.53. The first-order valence-electron chi connectivity index (χ1n) is 2.71. The molecule has 0 unspecified atom stereocenters. The van der Waals surface area contributed by atoms with E-state index in [0.29, 0.717) is 13.2 Å². The molecule has 9 heavy (non-hydrogen) atoms. The van der Waals surface area contributed by atoms with Gasteiger partial charge in [-0.05, 0) is 7.05 Å². The highest BCUT2D eigenvalue weighted by molar-refractivity contribution is 5.67. The normalized spacial score (nSPS) is 9.44. The lowest BCUT2D eigenvalue weighted by Crippen LogP contribution is -2.17. The molecule has 0 heterocycles. The Morgan fingerprint density at radius 2 is 2.44 bits per heavy atom. The van der Waals surface area contributed by atoms with Crippen molar-refractivity contribution in [2.24, 2.45) is 0 Å². The van der Waals surface area contributed by atoms with Crippen molar-refractivity contribution in [2.75, 3.05) is 26.8 Å². The van der Waals surface area contributed by atoms with Gasteiger partial charge in [-0.2, -0.15) is 0 Å². The van der Waals surface area contributed by atoms with Gasteiger partial charge in [0.1, 0.15) is 6.61 Å². The number of likely N-dealkylation sites (N-methyl/N-ethyl adjacent to an activating group) is 1. The van der Waals surface area contributed by atoms with Gasteiger partial charge in [-0.3, -0.25) is 0 Å². The Kier molecular flexibility index (Phi) is 5.15. The van der Waals surface area contributed by atoms with E-state index in [1.54, 1.807) is 7.05 Å². The summed E-state index contributed by atoms with van der Waals surface area (Å²) in [6.07, 6.45) is 0. The lowest BCUT2D eigenvalue weighted by molar-refractivity contribution is -0.142. The molecule has 0 aromatic carbocycles. The van der Waals surface area contributed by atoms with E-state index in [4.69, 9.17) is 5.11 Å². The molecule has 54 valence electrons. The molecule has 0 saturated heterocycles. The molecule has 2 N–H and O–H groups in total. The molecule has 0 aliphatic heterocycles. The van der Waals surface area contributed by atoms with Crippen LogP contribution in [0.1, 0.15) is 0 Å². The molecule has 0 atom stereocenters. The molecule has 0 bridgehead atoms. The number of hydrogen-bond acceptors (Lipinski definition) is 3. The Labute approximate surface area is 53.8 Å². The zero-order valence-electron chi connectivity index (χ0n) is 5.39. The maximum atomic E-state index is 9.82. The molecule has 0 aliphatic carbocycles. The lowest BCUT2D eigenvalue weighted by atomic mass is 10.7. The second-order valence-electron chi connectivity index (χ2n) is 1.55. The van der Waals surface area contributed by atoms with Gasteiger partial charge in [-0.25, -0.2) is 4.79 Å². The highest BCUT2D eigenvalue weighted by Gasteiger charge is 1.93. The van der Waals surface area contributed by atoms with E-state index < -0.39 is 5.97 Å². The summed E-state index contributed by atoms with van der Waals surface area (Å²) in [6.45, 7) is 0.928. The van der Waals surface area contributed by atoms with Crippen molar-refractivity contribution in [3.63, 3.8) is 0 Å². The van der Waals surface area contributed by atoms with Gasteiger partial charge in [0.05, 0.1) is 6.61 Å². The molecule has 0 aromatic rings. The van der Waals surface area contributed by atoms with Crippen LogP contribution in [0.3, 0.4) is 0 Å². The van der Waals surface area contributed by atoms with Gasteiger partial charge in [-0.15, -0.1) is 0 Å². The average Bonchev–Trinajstić information content (AvgIpc) is 1.80. The summed E-state index contributed by atoms with van der Waals surface area (Å²) in [5.41, 5.74) is 0. The highest BCUT2D eigenvalue weighted by atomic mass is 16.5. The number of hydrogen-bond donors (Lipinski definition) is 2. The largest absolute Gasteiger partial charge is 0.480 e. The van der Waals surface area contributed by atoms with Crippen molar-refractivity contribution in [3.05, 3.63) is 0 Å². The molecule has 0 aromatic heterocycles.